The van der Waals surface area contributed by atoms with Crippen LogP contribution >= 0.6 is 0 Å². The summed E-state index contributed by atoms with van der Waals surface area (Å²) >= 11 is 0. The van der Waals surface area contributed by atoms with Crippen molar-refractivity contribution in [2.45, 2.75) is 40.2 Å². The van der Waals surface area contributed by atoms with Crippen molar-refractivity contribution in [3.8, 4) is 0 Å². The van der Waals surface area contributed by atoms with Crippen molar-refractivity contribution in [3.05, 3.63) is 17.5 Å². The Labute approximate surface area is 78.8 Å². The van der Waals surface area contributed by atoms with Crippen molar-refractivity contribution >= 4 is 5.78 Å². The highest BCUT2D eigenvalue weighted by molar-refractivity contribution is 5.94. The van der Waals surface area contributed by atoms with E-state index in [0.717, 1.165) is 30.6 Å². The van der Waals surface area contributed by atoms with E-state index >= 15 is 0 Å². The number of hydrogen-bond acceptors (Lipinski definition) is 2. The minimum atomic E-state index is 0.0975. The van der Waals surface area contributed by atoms with Crippen LogP contribution in [0.25, 0.3) is 0 Å². The number of hydrogen-bond donors (Lipinski definition) is 0. The van der Waals surface area contributed by atoms with Gasteiger partial charge < -0.3 is 0 Å². The number of carbonyl (C=O) groups excluding carboxylic acids is 1. The molecule has 0 aliphatic heterocycles. The number of Topliss-reactive ketones (excluding diaryl/α,β-unsaturated/α-hetero) is 1. The topological polar surface area (TPSA) is 34.9 Å². The second-order valence-corrected chi connectivity index (χ2v) is 3.28. The molecule has 0 aromatic carbocycles. The van der Waals surface area contributed by atoms with E-state index in [1.165, 1.54) is 0 Å². The van der Waals surface area contributed by atoms with Crippen LogP contribution in [0.1, 0.15) is 42.7 Å². The molecule has 0 spiro atoms. The predicted molar refractivity (Wildman–Crippen MR) is 51.9 cm³/mol. The normalized spacial score (nSPS) is 10.4. The van der Waals surface area contributed by atoms with E-state index in [2.05, 4.69) is 12.0 Å². The second-order valence-electron chi connectivity index (χ2n) is 3.28. The van der Waals surface area contributed by atoms with E-state index in [0.29, 0.717) is 0 Å². The number of aromatic nitrogens is 2. The molecule has 1 aromatic heterocycles. The van der Waals surface area contributed by atoms with Gasteiger partial charge in [-0.1, -0.05) is 13.3 Å². The van der Waals surface area contributed by atoms with Gasteiger partial charge in [-0.3, -0.25) is 9.48 Å². The molecule has 0 bridgehead atoms. The van der Waals surface area contributed by atoms with Gasteiger partial charge in [0.1, 0.15) is 0 Å². The Morgan fingerprint density at radius 1 is 1.62 bits per heavy atom. The standard InChI is InChI=1S/C10H16N2O/c1-4-5-6-12-8(2)10(7-11-12)9(3)13/h7H,4-6H2,1-3H3. The Kier molecular flexibility index (Phi) is 3.23. The van der Waals surface area contributed by atoms with Crippen molar-refractivity contribution in [1.82, 2.24) is 9.78 Å². The molecule has 0 aliphatic rings. The van der Waals surface area contributed by atoms with Crippen LogP contribution in [0.5, 0.6) is 0 Å². The average Bonchev–Trinajstić information content (AvgIpc) is 2.43. The number of carbonyl (C=O) groups is 1. The summed E-state index contributed by atoms with van der Waals surface area (Å²) in [6.07, 6.45) is 3.92. The van der Waals surface area contributed by atoms with Crippen molar-refractivity contribution in [1.29, 1.82) is 0 Å². The summed E-state index contributed by atoms with van der Waals surface area (Å²) in [6.45, 7) is 6.58. The van der Waals surface area contributed by atoms with Crippen molar-refractivity contribution in [2.75, 3.05) is 0 Å². The van der Waals surface area contributed by atoms with Crippen LogP contribution in [0.4, 0.5) is 0 Å². The SMILES string of the molecule is CCCCn1ncc(C(C)=O)c1C. The van der Waals surface area contributed by atoms with E-state index in [1.807, 2.05) is 11.6 Å². The molecule has 0 amide bonds. The van der Waals surface area contributed by atoms with Gasteiger partial charge in [-0.25, -0.2) is 0 Å². The first-order chi connectivity index (χ1) is 6.16. The molecule has 0 N–H and O–H groups in total. The maximum Gasteiger partial charge on any atom is 0.163 e. The molecular weight excluding hydrogens is 164 g/mol. The highest BCUT2D eigenvalue weighted by Gasteiger charge is 2.08. The van der Waals surface area contributed by atoms with E-state index in [4.69, 9.17) is 0 Å². The van der Waals surface area contributed by atoms with Gasteiger partial charge in [0.15, 0.2) is 5.78 Å². The molecule has 0 fully saturated rings. The molecule has 0 unspecified atom stereocenters. The zero-order valence-electron chi connectivity index (χ0n) is 8.50. The summed E-state index contributed by atoms with van der Waals surface area (Å²) in [4.78, 5) is 11.1. The lowest BCUT2D eigenvalue weighted by Crippen LogP contribution is -2.03. The number of ketones is 1. The van der Waals surface area contributed by atoms with Crippen LogP contribution in [0.15, 0.2) is 6.20 Å². The smallest absolute Gasteiger partial charge is 0.163 e. The fourth-order valence-corrected chi connectivity index (χ4v) is 1.33. The molecule has 0 saturated heterocycles. The molecular formula is C10H16N2O. The molecule has 13 heavy (non-hydrogen) atoms. The van der Waals surface area contributed by atoms with Crippen molar-refractivity contribution in [2.24, 2.45) is 0 Å². The first-order valence-corrected chi connectivity index (χ1v) is 4.70. The van der Waals surface area contributed by atoms with Crippen molar-refractivity contribution in [3.63, 3.8) is 0 Å². The summed E-state index contributed by atoms with van der Waals surface area (Å²) in [7, 11) is 0. The predicted octanol–water partition coefficient (Wildman–Crippen LogP) is 2.19. The van der Waals surface area contributed by atoms with Gasteiger partial charge in [-0.15, -0.1) is 0 Å². The van der Waals surface area contributed by atoms with E-state index in [9.17, 15) is 4.79 Å². The van der Waals surface area contributed by atoms with Gasteiger partial charge in [0.05, 0.1) is 11.8 Å². The molecule has 1 heterocycles. The summed E-state index contributed by atoms with van der Waals surface area (Å²) in [5.41, 5.74) is 1.73. The molecule has 0 aliphatic carbocycles. The quantitative estimate of drug-likeness (QED) is 0.666. The molecule has 1 aromatic rings. The maximum absolute atomic E-state index is 11.1. The minimum absolute atomic E-state index is 0.0975. The van der Waals surface area contributed by atoms with Crippen LogP contribution in [0.3, 0.4) is 0 Å². The van der Waals surface area contributed by atoms with Gasteiger partial charge in [0.2, 0.25) is 0 Å². The molecule has 0 radical (unpaired) electrons. The number of unbranched alkanes of at least 4 members (excludes halogenated alkanes) is 1. The van der Waals surface area contributed by atoms with Gasteiger partial charge >= 0.3 is 0 Å². The second kappa shape index (κ2) is 4.21. The van der Waals surface area contributed by atoms with E-state index in [1.54, 1.807) is 13.1 Å². The Hall–Kier alpha value is -1.12. The fourth-order valence-electron chi connectivity index (χ4n) is 1.33. The monoisotopic (exact) mass is 180 g/mol. The number of rotatable bonds is 4. The Morgan fingerprint density at radius 2 is 2.31 bits per heavy atom. The maximum atomic E-state index is 11.1. The van der Waals surface area contributed by atoms with Crippen molar-refractivity contribution < 1.29 is 4.79 Å². The third-order valence-electron chi connectivity index (χ3n) is 2.21. The van der Waals surface area contributed by atoms with Gasteiger partial charge in [-0.2, -0.15) is 5.10 Å². The average molecular weight is 180 g/mol. The Bertz CT molecular complexity index is 302. The van der Waals surface area contributed by atoms with Crippen LogP contribution in [0, 0.1) is 6.92 Å². The van der Waals surface area contributed by atoms with Crippen LogP contribution in [-0.4, -0.2) is 15.6 Å². The Morgan fingerprint density at radius 3 is 2.77 bits per heavy atom. The number of nitrogens with zero attached hydrogens (tertiary/aromatic N) is 2. The third-order valence-corrected chi connectivity index (χ3v) is 2.21. The fraction of sp³-hybridized carbons (Fsp3) is 0.600. The molecule has 1 rings (SSSR count). The van der Waals surface area contributed by atoms with Crippen LogP contribution in [-0.2, 0) is 6.54 Å². The number of aryl methyl sites for hydroxylation is 1. The lowest BCUT2D eigenvalue weighted by molar-refractivity contribution is 0.101. The van der Waals surface area contributed by atoms with Gasteiger partial charge in [0.25, 0.3) is 0 Å². The molecule has 3 heteroatoms. The minimum Gasteiger partial charge on any atom is -0.294 e. The lowest BCUT2D eigenvalue weighted by atomic mass is 10.2. The zero-order valence-corrected chi connectivity index (χ0v) is 8.50. The summed E-state index contributed by atoms with van der Waals surface area (Å²) in [5.74, 6) is 0.0975. The van der Waals surface area contributed by atoms with E-state index < -0.39 is 0 Å². The first-order valence-electron chi connectivity index (χ1n) is 4.70. The summed E-state index contributed by atoms with van der Waals surface area (Å²) in [6, 6.07) is 0. The molecule has 72 valence electrons. The van der Waals surface area contributed by atoms with Crippen LogP contribution in [0.2, 0.25) is 0 Å². The van der Waals surface area contributed by atoms with Gasteiger partial charge in [0, 0.05) is 12.2 Å². The summed E-state index contributed by atoms with van der Waals surface area (Å²) < 4.78 is 1.90. The highest BCUT2D eigenvalue weighted by atomic mass is 16.1. The zero-order chi connectivity index (χ0) is 9.84. The van der Waals surface area contributed by atoms with E-state index in [-0.39, 0.29) is 5.78 Å². The lowest BCUT2D eigenvalue weighted by Gasteiger charge is -2.02. The highest BCUT2D eigenvalue weighted by Crippen LogP contribution is 2.08. The molecule has 0 atom stereocenters. The third kappa shape index (κ3) is 2.17. The molecule has 0 saturated carbocycles. The molecule has 3 nitrogen and oxygen atoms in total. The Balaban J connectivity index is 2.80. The largest absolute Gasteiger partial charge is 0.294 e. The van der Waals surface area contributed by atoms with Gasteiger partial charge in [-0.05, 0) is 20.3 Å². The summed E-state index contributed by atoms with van der Waals surface area (Å²) in [5, 5.41) is 4.17. The first kappa shape index (κ1) is 9.96. The van der Waals surface area contributed by atoms with Crippen LogP contribution < -0.4 is 0 Å².